The van der Waals surface area contributed by atoms with Gasteiger partial charge in [0.25, 0.3) is 0 Å². The van der Waals surface area contributed by atoms with Gasteiger partial charge in [-0.25, -0.2) is 12.8 Å². The number of amides is 1. The molecule has 0 radical (unpaired) electrons. The minimum absolute atomic E-state index is 0.00296. The van der Waals surface area contributed by atoms with Gasteiger partial charge in [-0.2, -0.15) is 26.3 Å². The van der Waals surface area contributed by atoms with E-state index in [1.807, 2.05) is 0 Å². The zero-order valence-electron chi connectivity index (χ0n) is 23.5. The zero-order valence-corrected chi connectivity index (χ0v) is 24.3. The standard InChI is InChI=1S/C30H27F7N2O3S/c1-17-11-22(31)5-6-23(17)24-15-25(18-7-9-43(41,42)10-8-18)38-16-26(24)39(4)27(40)28(2,3)19-12-20(29(32,33)34)14-21(13-19)30(35,36)37/h5-7,11-16H,8-10H2,1-4H3. The van der Waals surface area contributed by atoms with Gasteiger partial charge in [0, 0.05) is 12.6 Å². The Labute approximate surface area is 244 Å². The summed E-state index contributed by atoms with van der Waals surface area (Å²) in [5.41, 5.74) is -2.91. The molecule has 1 aliphatic rings. The maximum atomic E-state index is 14.0. The summed E-state index contributed by atoms with van der Waals surface area (Å²) >= 11 is 0. The van der Waals surface area contributed by atoms with E-state index < -0.39 is 56.0 Å². The summed E-state index contributed by atoms with van der Waals surface area (Å²) in [6, 6.07) is 6.58. The van der Waals surface area contributed by atoms with E-state index in [4.69, 9.17) is 0 Å². The highest BCUT2D eigenvalue weighted by molar-refractivity contribution is 7.91. The summed E-state index contributed by atoms with van der Waals surface area (Å²) in [7, 11) is -1.92. The number of carbonyl (C=O) groups is 1. The molecule has 0 spiro atoms. The van der Waals surface area contributed by atoms with Crippen LogP contribution in [0, 0.1) is 12.7 Å². The highest BCUT2D eigenvalue weighted by Gasteiger charge is 2.41. The smallest absolute Gasteiger partial charge is 0.313 e. The van der Waals surface area contributed by atoms with E-state index in [0.29, 0.717) is 40.1 Å². The lowest BCUT2D eigenvalue weighted by atomic mass is 9.81. The zero-order chi connectivity index (χ0) is 32.1. The lowest BCUT2D eigenvalue weighted by Gasteiger charge is -2.32. The number of alkyl halides is 6. The van der Waals surface area contributed by atoms with Gasteiger partial charge in [-0.15, -0.1) is 0 Å². The predicted molar refractivity (Wildman–Crippen MR) is 148 cm³/mol. The Bertz CT molecular complexity index is 1690. The van der Waals surface area contributed by atoms with Crippen molar-refractivity contribution in [2.45, 2.75) is 45.0 Å². The van der Waals surface area contributed by atoms with Crippen LogP contribution in [0.25, 0.3) is 16.7 Å². The van der Waals surface area contributed by atoms with E-state index in [-0.39, 0.29) is 29.7 Å². The number of pyridine rings is 1. The fraction of sp³-hybridized carbons (Fsp3) is 0.333. The van der Waals surface area contributed by atoms with E-state index in [1.165, 1.54) is 51.4 Å². The van der Waals surface area contributed by atoms with E-state index in [0.717, 1.165) is 4.90 Å². The number of likely N-dealkylation sites (N-methyl/N-ethyl adjacent to an activating group) is 1. The molecule has 0 unspecified atom stereocenters. The molecule has 1 aromatic heterocycles. The molecule has 0 saturated heterocycles. The van der Waals surface area contributed by atoms with E-state index in [2.05, 4.69) is 4.98 Å². The van der Waals surface area contributed by atoms with Crippen molar-refractivity contribution in [1.29, 1.82) is 0 Å². The number of halogens is 7. The number of hydrogen-bond acceptors (Lipinski definition) is 4. The fourth-order valence-corrected chi connectivity index (χ4v) is 6.07. The van der Waals surface area contributed by atoms with Crippen LogP contribution in [0.4, 0.5) is 36.4 Å². The number of allylic oxidation sites excluding steroid dienone is 1. The molecule has 3 aromatic rings. The molecular formula is C30H27F7N2O3S. The number of sulfone groups is 1. The van der Waals surface area contributed by atoms with Crippen LogP contribution in [0.3, 0.4) is 0 Å². The van der Waals surface area contributed by atoms with E-state index >= 15 is 0 Å². The molecule has 0 atom stereocenters. The summed E-state index contributed by atoms with van der Waals surface area (Å²) in [6.07, 6.45) is -7.15. The molecule has 0 N–H and O–H groups in total. The minimum Gasteiger partial charge on any atom is -0.313 e. The molecule has 0 saturated carbocycles. The van der Waals surface area contributed by atoms with Crippen LogP contribution >= 0.6 is 0 Å². The van der Waals surface area contributed by atoms with Crippen LogP contribution in [0.2, 0.25) is 0 Å². The number of aryl methyl sites for hydroxylation is 1. The van der Waals surface area contributed by atoms with E-state index in [9.17, 15) is 43.9 Å². The SMILES string of the molecule is Cc1cc(F)ccc1-c1cc(C2=CCS(=O)(=O)CC2)ncc1N(C)C(=O)C(C)(C)c1cc(C(F)(F)F)cc(C(F)(F)F)c1. The number of carbonyl (C=O) groups excluding carboxylic acids is 1. The molecule has 1 aliphatic heterocycles. The van der Waals surface area contributed by atoms with Crippen LogP contribution in [0.5, 0.6) is 0 Å². The Balaban J connectivity index is 1.84. The number of nitrogens with zero attached hydrogens (tertiary/aromatic N) is 2. The van der Waals surface area contributed by atoms with Gasteiger partial charge < -0.3 is 4.90 Å². The number of aromatic nitrogens is 1. The minimum atomic E-state index is -5.10. The first-order chi connectivity index (χ1) is 19.7. The predicted octanol–water partition coefficient (Wildman–Crippen LogP) is 7.38. The summed E-state index contributed by atoms with van der Waals surface area (Å²) in [4.78, 5) is 19.4. The van der Waals surface area contributed by atoms with Crippen molar-refractivity contribution in [3.05, 3.63) is 88.5 Å². The van der Waals surface area contributed by atoms with Gasteiger partial charge in [0.2, 0.25) is 5.91 Å². The highest BCUT2D eigenvalue weighted by Crippen LogP contribution is 2.41. The van der Waals surface area contributed by atoms with Crippen molar-refractivity contribution in [3.8, 4) is 11.1 Å². The van der Waals surface area contributed by atoms with Gasteiger partial charge >= 0.3 is 12.4 Å². The Kier molecular flexibility index (Phi) is 8.29. The molecule has 0 fully saturated rings. The molecule has 2 heterocycles. The molecule has 1 amide bonds. The second-order valence-corrected chi connectivity index (χ2v) is 13.2. The largest absolute Gasteiger partial charge is 0.416 e. The molecule has 0 bridgehead atoms. The average Bonchev–Trinajstić information content (AvgIpc) is 2.90. The van der Waals surface area contributed by atoms with Crippen LogP contribution in [-0.2, 0) is 32.4 Å². The lowest BCUT2D eigenvalue weighted by molar-refractivity contribution is -0.143. The summed E-state index contributed by atoms with van der Waals surface area (Å²) < 4.78 is 119. The first-order valence-electron chi connectivity index (χ1n) is 13.0. The second-order valence-electron chi connectivity index (χ2n) is 10.9. The van der Waals surface area contributed by atoms with Gasteiger partial charge in [0.1, 0.15) is 5.82 Å². The molecule has 4 rings (SSSR count). The van der Waals surface area contributed by atoms with Crippen LogP contribution in [0.15, 0.2) is 54.7 Å². The van der Waals surface area contributed by atoms with Crippen molar-refractivity contribution < 1.29 is 43.9 Å². The molecule has 43 heavy (non-hydrogen) atoms. The van der Waals surface area contributed by atoms with Crippen molar-refractivity contribution in [2.75, 3.05) is 23.5 Å². The highest BCUT2D eigenvalue weighted by atomic mass is 32.2. The van der Waals surface area contributed by atoms with Gasteiger partial charge in [-0.3, -0.25) is 9.78 Å². The number of benzene rings is 2. The normalized spacial score (nSPS) is 15.7. The van der Waals surface area contributed by atoms with Crippen molar-refractivity contribution >= 4 is 27.0 Å². The van der Waals surface area contributed by atoms with Crippen LogP contribution in [-0.4, -0.2) is 37.9 Å². The molecule has 5 nitrogen and oxygen atoms in total. The van der Waals surface area contributed by atoms with Crippen LogP contribution in [0.1, 0.15) is 48.2 Å². The summed E-state index contributed by atoms with van der Waals surface area (Å²) in [5.74, 6) is -1.62. The Morgan fingerprint density at radius 1 is 0.884 bits per heavy atom. The van der Waals surface area contributed by atoms with Gasteiger partial charge in [0.05, 0.1) is 45.6 Å². The van der Waals surface area contributed by atoms with Crippen molar-refractivity contribution in [3.63, 3.8) is 0 Å². The molecule has 2 aromatic carbocycles. The van der Waals surface area contributed by atoms with Gasteiger partial charge in [-0.05, 0) is 85.9 Å². The van der Waals surface area contributed by atoms with E-state index in [1.54, 1.807) is 13.0 Å². The van der Waals surface area contributed by atoms with Crippen LogP contribution < -0.4 is 4.90 Å². The quantitative estimate of drug-likeness (QED) is 0.277. The summed E-state index contributed by atoms with van der Waals surface area (Å²) in [5, 5.41) is 0. The first-order valence-corrected chi connectivity index (χ1v) is 14.8. The number of anilines is 1. The Morgan fingerprint density at radius 3 is 1.98 bits per heavy atom. The fourth-order valence-electron chi connectivity index (χ4n) is 4.92. The molecule has 13 heteroatoms. The topological polar surface area (TPSA) is 67.3 Å². The maximum absolute atomic E-state index is 14.0. The van der Waals surface area contributed by atoms with Gasteiger partial charge in [0.15, 0.2) is 9.84 Å². The van der Waals surface area contributed by atoms with Crippen molar-refractivity contribution in [2.24, 2.45) is 0 Å². The summed E-state index contributed by atoms with van der Waals surface area (Å²) in [6.45, 7) is 4.07. The number of rotatable bonds is 5. The number of hydrogen-bond donors (Lipinski definition) is 0. The maximum Gasteiger partial charge on any atom is 0.416 e. The Morgan fingerprint density at radius 2 is 1.47 bits per heavy atom. The third-order valence-electron chi connectivity index (χ3n) is 7.47. The third-order valence-corrected chi connectivity index (χ3v) is 8.97. The van der Waals surface area contributed by atoms with Crippen molar-refractivity contribution in [1.82, 2.24) is 4.98 Å². The van der Waals surface area contributed by atoms with Gasteiger partial charge in [-0.1, -0.05) is 12.1 Å². The lowest BCUT2D eigenvalue weighted by Crippen LogP contribution is -2.42. The molecular weight excluding hydrogens is 601 g/mol. The molecule has 230 valence electrons. The Hall–Kier alpha value is -3.74. The third kappa shape index (κ3) is 6.76. The average molecular weight is 629 g/mol. The monoisotopic (exact) mass is 628 g/mol. The molecule has 0 aliphatic carbocycles. The first kappa shape index (κ1) is 32.2. The second kappa shape index (κ2) is 11.1.